The van der Waals surface area contributed by atoms with Crippen LogP contribution < -0.4 is 5.32 Å². The van der Waals surface area contributed by atoms with Crippen molar-refractivity contribution in [3.8, 4) is 11.3 Å². The lowest BCUT2D eigenvalue weighted by Gasteiger charge is -2.27. The summed E-state index contributed by atoms with van der Waals surface area (Å²) in [7, 11) is 0. The molecule has 1 aliphatic heterocycles. The fourth-order valence-electron chi connectivity index (χ4n) is 3.40. The number of benzene rings is 1. The fraction of sp³-hybridized carbons (Fsp3) is 0.500. The van der Waals surface area contributed by atoms with Gasteiger partial charge < -0.3 is 19.9 Å². The summed E-state index contributed by atoms with van der Waals surface area (Å²) in [4.78, 5) is 2.26. The number of hydrogen-bond acceptors (Lipinski definition) is 5. The molecule has 1 saturated heterocycles. The minimum absolute atomic E-state index is 0.0277. The van der Waals surface area contributed by atoms with Crippen LogP contribution in [0.1, 0.15) is 24.2 Å². The number of nitrogens with zero attached hydrogens (tertiary/aromatic N) is 1. The summed E-state index contributed by atoms with van der Waals surface area (Å²) in [5, 5.41) is 22.4. The van der Waals surface area contributed by atoms with E-state index in [0.717, 1.165) is 43.0 Å². The van der Waals surface area contributed by atoms with E-state index in [1.54, 1.807) is 0 Å². The van der Waals surface area contributed by atoms with E-state index in [2.05, 4.69) is 41.4 Å². The quantitative estimate of drug-likeness (QED) is 0.685. The Morgan fingerprint density at radius 1 is 1.20 bits per heavy atom. The minimum atomic E-state index is -0.0277. The molecule has 1 aromatic carbocycles. The molecule has 2 heterocycles. The largest absolute Gasteiger partial charge is 0.460 e. The molecule has 136 valence electrons. The van der Waals surface area contributed by atoms with Crippen molar-refractivity contribution in [2.45, 2.75) is 38.4 Å². The molecule has 0 bridgehead atoms. The molecule has 0 aliphatic carbocycles. The first-order valence-corrected chi connectivity index (χ1v) is 9.04. The van der Waals surface area contributed by atoms with Crippen molar-refractivity contribution < 1.29 is 14.6 Å². The Balaban J connectivity index is 1.54. The number of aryl methyl sites for hydroxylation is 1. The number of hydrogen-bond donors (Lipinski definition) is 3. The Hall–Kier alpha value is -1.66. The molecule has 25 heavy (non-hydrogen) atoms. The Kier molecular flexibility index (Phi) is 6.26. The van der Waals surface area contributed by atoms with Gasteiger partial charge in [0.1, 0.15) is 11.5 Å². The zero-order chi connectivity index (χ0) is 17.6. The van der Waals surface area contributed by atoms with Crippen molar-refractivity contribution in [1.82, 2.24) is 10.2 Å². The average Bonchev–Trinajstić information content (AvgIpc) is 3.28. The maximum atomic E-state index is 9.65. The highest BCUT2D eigenvalue weighted by Crippen LogP contribution is 2.22. The predicted molar refractivity (Wildman–Crippen MR) is 98.3 cm³/mol. The molecular formula is C20H28N2O3. The lowest BCUT2D eigenvalue weighted by atomic mass is 10.1. The summed E-state index contributed by atoms with van der Waals surface area (Å²) >= 11 is 0. The molecule has 0 radical (unpaired) electrons. The molecule has 3 rings (SSSR count). The second kappa shape index (κ2) is 8.63. The Morgan fingerprint density at radius 3 is 2.72 bits per heavy atom. The molecule has 5 heteroatoms. The molecule has 5 nitrogen and oxygen atoms in total. The maximum Gasteiger partial charge on any atom is 0.134 e. The maximum absolute atomic E-state index is 9.65. The third kappa shape index (κ3) is 4.70. The predicted octanol–water partition coefficient (Wildman–Crippen LogP) is 2.16. The van der Waals surface area contributed by atoms with E-state index < -0.39 is 0 Å². The zero-order valence-corrected chi connectivity index (χ0v) is 14.8. The van der Waals surface area contributed by atoms with Crippen molar-refractivity contribution in [1.29, 1.82) is 0 Å². The van der Waals surface area contributed by atoms with Crippen molar-refractivity contribution in [2.24, 2.45) is 0 Å². The van der Waals surface area contributed by atoms with Gasteiger partial charge in [-0.15, -0.1) is 0 Å². The van der Waals surface area contributed by atoms with Crippen LogP contribution in [0, 0.1) is 6.92 Å². The van der Waals surface area contributed by atoms with E-state index in [9.17, 15) is 10.2 Å². The molecular weight excluding hydrogens is 316 g/mol. The molecule has 1 aromatic heterocycles. The van der Waals surface area contributed by atoms with Gasteiger partial charge in [0.25, 0.3) is 0 Å². The van der Waals surface area contributed by atoms with Crippen LogP contribution in [0.2, 0.25) is 0 Å². The normalized spacial score (nSPS) is 19.4. The molecule has 2 aromatic rings. The monoisotopic (exact) mass is 344 g/mol. The Labute approximate surface area is 149 Å². The third-order valence-electron chi connectivity index (χ3n) is 4.95. The topological polar surface area (TPSA) is 68.9 Å². The molecule has 0 saturated carbocycles. The molecule has 0 spiro atoms. The van der Waals surface area contributed by atoms with Crippen molar-refractivity contribution in [3.63, 3.8) is 0 Å². The summed E-state index contributed by atoms with van der Waals surface area (Å²) in [5.41, 5.74) is 2.30. The van der Waals surface area contributed by atoms with Crippen LogP contribution in [0.5, 0.6) is 0 Å². The lowest BCUT2D eigenvalue weighted by molar-refractivity contribution is 0.129. The van der Waals surface area contributed by atoms with Gasteiger partial charge in [-0.25, -0.2) is 0 Å². The van der Waals surface area contributed by atoms with Crippen LogP contribution in [-0.2, 0) is 6.54 Å². The highest BCUT2D eigenvalue weighted by atomic mass is 16.3. The highest BCUT2D eigenvalue weighted by molar-refractivity contribution is 5.57. The minimum Gasteiger partial charge on any atom is -0.460 e. The Morgan fingerprint density at radius 2 is 2.00 bits per heavy atom. The van der Waals surface area contributed by atoms with E-state index in [1.807, 2.05) is 12.1 Å². The summed E-state index contributed by atoms with van der Waals surface area (Å²) in [6.45, 7) is 4.64. The number of likely N-dealkylation sites (tertiary alicyclic amines) is 1. The van der Waals surface area contributed by atoms with Crippen LogP contribution >= 0.6 is 0 Å². The second-order valence-electron chi connectivity index (χ2n) is 6.87. The molecule has 1 aliphatic rings. The summed E-state index contributed by atoms with van der Waals surface area (Å²) in [5.74, 6) is 1.71. The van der Waals surface area contributed by atoms with Crippen molar-refractivity contribution >= 4 is 0 Å². The smallest absolute Gasteiger partial charge is 0.134 e. The van der Waals surface area contributed by atoms with Crippen LogP contribution in [0.3, 0.4) is 0 Å². The third-order valence-corrected chi connectivity index (χ3v) is 4.95. The number of rotatable bonds is 8. The van der Waals surface area contributed by atoms with Gasteiger partial charge in [0, 0.05) is 24.2 Å². The van der Waals surface area contributed by atoms with E-state index in [4.69, 9.17) is 4.42 Å². The zero-order valence-electron chi connectivity index (χ0n) is 14.8. The molecule has 0 amide bonds. The van der Waals surface area contributed by atoms with Crippen LogP contribution in [0.25, 0.3) is 11.3 Å². The summed E-state index contributed by atoms with van der Waals surface area (Å²) < 4.78 is 5.92. The average molecular weight is 344 g/mol. The summed E-state index contributed by atoms with van der Waals surface area (Å²) in [6, 6.07) is 12.4. The highest BCUT2D eigenvalue weighted by Gasteiger charge is 2.25. The first kappa shape index (κ1) is 18.1. The number of nitrogens with one attached hydrogen (secondary N) is 1. The number of aliphatic hydroxyl groups is 2. The molecule has 3 N–H and O–H groups in total. The van der Waals surface area contributed by atoms with Crippen molar-refractivity contribution in [3.05, 3.63) is 47.7 Å². The van der Waals surface area contributed by atoms with E-state index in [-0.39, 0.29) is 25.3 Å². The van der Waals surface area contributed by atoms with E-state index >= 15 is 0 Å². The van der Waals surface area contributed by atoms with Gasteiger partial charge in [0.2, 0.25) is 0 Å². The van der Waals surface area contributed by atoms with Gasteiger partial charge in [-0.3, -0.25) is 4.90 Å². The molecule has 2 atom stereocenters. The van der Waals surface area contributed by atoms with E-state index in [1.165, 1.54) is 5.56 Å². The lowest BCUT2D eigenvalue weighted by Crippen LogP contribution is -2.45. The second-order valence-corrected chi connectivity index (χ2v) is 6.87. The SMILES string of the molecule is Cc1ccc(-c2ccc(CNC(CO)CN3CCCC3CO)o2)cc1. The first-order chi connectivity index (χ1) is 12.2. The first-order valence-electron chi connectivity index (χ1n) is 9.04. The number of furan rings is 1. The molecule has 2 unspecified atom stereocenters. The fourth-order valence-corrected chi connectivity index (χ4v) is 3.40. The van der Waals surface area contributed by atoms with Gasteiger partial charge >= 0.3 is 0 Å². The van der Waals surface area contributed by atoms with Gasteiger partial charge in [-0.2, -0.15) is 0 Å². The van der Waals surface area contributed by atoms with Crippen LogP contribution in [-0.4, -0.2) is 53.5 Å². The van der Waals surface area contributed by atoms with Gasteiger partial charge in [-0.1, -0.05) is 29.8 Å². The van der Waals surface area contributed by atoms with E-state index in [0.29, 0.717) is 6.54 Å². The van der Waals surface area contributed by atoms with Gasteiger partial charge in [0.05, 0.1) is 19.8 Å². The standard InChI is InChI=1S/C20H28N2O3/c1-15-4-6-16(7-5-15)20-9-8-19(25-20)11-21-17(13-23)12-22-10-2-3-18(22)14-24/h4-9,17-18,21,23-24H,2-3,10-14H2,1H3. The van der Waals surface area contributed by atoms with Crippen LogP contribution in [0.15, 0.2) is 40.8 Å². The number of aliphatic hydroxyl groups excluding tert-OH is 2. The Bertz CT molecular complexity index is 653. The summed E-state index contributed by atoms with van der Waals surface area (Å²) in [6.07, 6.45) is 2.15. The molecule has 1 fully saturated rings. The van der Waals surface area contributed by atoms with Crippen molar-refractivity contribution in [2.75, 3.05) is 26.3 Å². The van der Waals surface area contributed by atoms with Gasteiger partial charge in [-0.05, 0) is 38.4 Å². The van der Waals surface area contributed by atoms with Crippen LogP contribution in [0.4, 0.5) is 0 Å². The van der Waals surface area contributed by atoms with Gasteiger partial charge in [0.15, 0.2) is 0 Å².